The van der Waals surface area contributed by atoms with Crippen molar-refractivity contribution in [1.29, 1.82) is 0 Å². The van der Waals surface area contributed by atoms with E-state index in [1.54, 1.807) is 0 Å². The van der Waals surface area contributed by atoms with E-state index in [1.807, 2.05) is 0 Å². The van der Waals surface area contributed by atoms with Crippen molar-refractivity contribution in [2.45, 2.75) is 76.0 Å². The van der Waals surface area contributed by atoms with Crippen LogP contribution in [0.1, 0.15) is 76.7 Å². The van der Waals surface area contributed by atoms with Crippen molar-refractivity contribution in [3.05, 3.63) is 23.8 Å². The molecule has 0 aliphatic carbocycles. The number of phenolic OH excluding ortho intramolecular Hbond substituents is 1. The van der Waals surface area contributed by atoms with Gasteiger partial charge in [0.25, 0.3) is 10.1 Å². The molecular weight excluding hydrogens is 338 g/mol. The van der Waals surface area contributed by atoms with Crippen LogP contribution in [0.5, 0.6) is 5.75 Å². The lowest BCUT2D eigenvalue weighted by molar-refractivity contribution is 0.472. The molecule has 0 atom stereocenters. The minimum Gasteiger partial charge on any atom is -0.508 e. The highest BCUT2D eigenvalue weighted by molar-refractivity contribution is 7.86. The lowest BCUT2D eigenvalue weighted by Gasteiger charge is -2.03. The molecule has 0 bridgehead atoms. The lowest BCUT2D eigenvalue weighted by Crippen LogP contribution is -2.02. The van der Waals surface area contributed by atoms with Gasteiger partial charge in [-0.25, -0.2) is 0 Å². The third kappa shape index (κ3) is 9.60. The first-order valence-electron chi connectivity index (χ1n) is 9.25. The van der Waals surface area contributed by atoms with Gasteiger partial charge in [0, 0.05) is 18.3 Å². The molecule has 0 radical (unpaired) electrons. The van der Waals surface area contributed by atoms with Crippen LogP contribution >= 0.6 is 0 Å². The Morgan fingerprint density at radius 3 is 2.08 bits per heavy atom. The summed E-state index contributed by atoms with van der Waals surface area (Å²) in [6.07, 6.45) is 13.9. The molecule has 0 aliphatic heterocycles. The first-order valence-corrected chi connectivity index (χ1v) is 10.7. The minimum atomic E-state index is -4.32. The van der Waals surface area contributed by atoms with Crippen LogP contribution in [0.4, 0.5) is 0 Å². The second-order valence-corrected chi connectivity index (χ2v) is 7.80. The lowest BCUT2D eigenvalue weighted by atomic mass is 10.1. The van der Waals surface area contributed by atoms with Gasteiger partial charge in [-0.2, -0.15) is 8.42 Å². The molecule has 0 saturated heterocycles. The number of unbranched alkanes of at least 4 members (excludes halogenated alkanes) is 9. The summed E-state index contributed by atoms with van der Waals surface area (Å²) < 4.78 is 31.8. The number of aromatic hydroxyl groups is 1. The largest absolute Gasteiger partial charge is 0.508 e. The number of nitrogens with zero attached hydrogens (tertiary/aromatic N) is 1. The van der Waals surface area contributed by atoms with Gasteiger partial charge < -0.3 is 5.11 Å². The number of hydrogen-bond donors (Lipinski definition) is 2. The molecule has 1 rings (SSSR count). The summed E-state index contributed by atoms with van der Waals surface area (Å²) in [5.41, 5.74) is 0.203. The topological polar surface area (TPSA) is 87.0 Å². The molecule has 25 heavy (non-hydrogen) atoms. The molecule has 1 aromatic rings. The van der Waals surface area contributed by atoms with Gasteiger partial charge in [0.05, 0.1) is 0 Å². The Bertz CT molecular complexity index is 626. The Morgan fingerprint density at radius 2 is 1.52 bits per heavy atom. The molecule has 5 nitrogen and oxygen atoms in total. The van der Waals surface area contributed by atoms with Crippen LogP contribution in [0.2, 0.25) is 0 Å². The van der Waals surface area contributed by atoms with Crippen molar-refractivity contribution in [3.8, 4) is 5.75 Å². The fourth-order valence-corrected chi connectivity index (χ4v) is 3.37. The minimum absolute atomic E-state index is 0.0622. The molecule has 0 heterocycles. The molecular formula is C19H31NO4S. The molecule has 0 amide bonds. The average Bonchev–Trinajstić information content (AvgIpc) is 2.55. The number of phenols is 1. The Labute approximate surface area is 151 Å². The fraction of sp³-hybridized carbons (Fsp3) is 0.632. The third-order valence-corrected chi connectivity index (χ3v) is 5.07. The van der Waals surface area contributed by atoms with Gasteiger partial charge >= 0.3 is 0 Å². The molecule has 0 aromatic heterocycles. The second kappa shape index (κ2) is 12.0. The average molecular weight is 370 g/mol. The van der Waals surface area contributed by atoms with E-state index in [2.05, 4.69) is 11.9 Å². The normalized spacial score (nSPS) is 12.1. The van der Waals surface area contributed by atoms with Gasteiger partial charge in [0.2, 0.25) is 0 Å². The number of rotatable bonds is 13. The quantitative estimate of drug-likeness (QED) is 0.292. The van der Waals surface area contributed by atoms with Crippen LogP contribution in [0.3, 0.4) is 0 Å². The van der Waals surface area contributed by atoms with Crippen molar-refractivity contribution in [2.75, 3.05) is 6.54 Å². The van der Waals surface area contributed by atoms with Gasteiger partial charge in [-0.05, 0) is 24.6 Å². The van der Waals surface area contributed by atoms with Gasteiger partial charge in [-0.3, -0.25) is 9.55 Å². The van der Waals surface area contributed by atoms with Crippen LogP contribution in [0.25, 0.3) is 0 Å². The van der Waals surface area contributed by atoms with E-state index in [0.29, 0.717) is 6.54 Å². The molecule has 0 unspecified atom stereocenters. The summed E-state index contributed by atoms with van der Waals surface area (Å²) in [4.78, 5) is 3.97. The van der Waals surface area contributed by atoms with Crippen LogP contribution in [0.15, 0.2) is 28.1 Å². The van der Waals surface area contributed by atoms with Crippen molar-refractivity contribution in [2.24, 2.45) is 4.99 Å². The summed E-state index contributed by atoms with van der Waals surface area (Å²) in [5, 5.41) is 9.46. The predicted molar refractivity (Wildman–Crippen MR) is 102 cm³/mol. The Kier molecular flexibility index (Phi) is 10.4. The number of hydrogen-bond acceptors (Lipinski definition) is 4. The molecule has 0 saturated carbocycles. The Hall–Kier alpha value is -1.40. The van der Waals surface area contributed by atoms with Crippen LogP contribution in [-0.2, 0) is 10.1 Å². The van der Waals surface area contributed by atoms with Gasteiger partial charge in [-0.1, -0.05) is 64.7 Å². The predicted octanol–water partition coefficient (Wildman–Crippen LogP) is 4.98. The zero-order valence-corrected chi connectivity index (χ0v) is 16.0. The maximum Gasteiger partial charge on any atom is 0.295 e. The highest BCUT2D eigenvalue weighted by Crippen LogP contribution is 2.19. The first kappa shape index (κ1) is 21.6. The van der Waals surface area contributed by atoms with Crippen LogP contribution in [0, 0.1) is 0 Å². The fourth-order valence-electron chi connectivity index (χ4n) is 2.73. The van der Waals surface area contributed by atoms with E-state index in [1.165, 1.54) is 75.8 Å². The molecule has 0 fully saturated rings. The monoisotopic (exact) mass is 369 g/mol. The van der Waals surface area contributed by atoms with E-state index < -0.39 is 10.1 Å². The van der Waals surface area contributed by atoms with Gasteiger partial charge in [0.1, 0.15) is 10.6 Å². The molecule has 6 heteroatoms. The molecule has 0 spiro atoms. The van der Waals surface area contributed by atoms with Crippen LogP contribution in [-0.4, -0.2) is 30.8 Å². The van der Waals surface area contributed by atoms with E-state index in [-0.39, 0.29) is 16.2 Å². The maximum atomic E-state index is 11.3. The highest BCUT2D eigenvalue weighted by atomic mass is 32.2. The van der Waals surface area contributed by atoms with E-state index in [0.717, 1.165) is 12.8 Å². The maximum absolute atomic E-state index is 11.3. The third-order valence-electron chi connectivity index (χ3n) is 4.14. The zero-order chi connectivity index (χ0) is 18.5. The standard InChI is InChI=1S/C19H31NO4S/c1-2-3-4-5-6-7-8-9-10-11-14-20-16-17-15-18(21)12-13-19(17)25(22,23)24/h12-13,15-16,21H,2-11,14H2,1H3,(H,22,23,24). The van der Waals surface area contributed by atoms with Gasteiger partial charge in [0.15, 0.2) is 0 Å². The number of aliphatic imine (C=N–C) groups is 1. The van der Waals surface area contributed by atoms with Gasteiger partial charge in [-0.15, -0.1) is 0 Å². The van der Waals surface area contributed by atoms with Crippen molar-refractivity contribution < 1.29 is 18.1 Å². The number of benzene rings is 1. The molecule has 0 aliphatic rings. The van der Waals surface area contributed by atoms with E-state index in [9.17, 15) is 18.1 Å². The van der Waals surface area contributed by atoms with Crippen molar-refractivity contribution >= 4 is 16.3 Å². The second-order valence-electron chi connectivity index (χ2n) is 6.41. The highest BCUT2D eigenvalue weighted by Gasteiger charge is 2.14. The summed E-state index contributed by atoms with van der Waals surface area (Å²) in [5.74, 6) is -0.0622. The summed E-state index contributed by atoms with van der Waals surface area (Å²) in [6, 6.07) is 3.68. The first-order chi connectivity index (χ1) is 11.9. The van der Waals surface area contributed by atoms with E-state index >= 15 is 0 Å². The van der Waals surface area contributed by atoms with Crippen molar-refractivity contribution in [1.82, 2.24) is 0 Å². The zero-order valence-electron chi connectivity index (χ0n) is 15.2. The molecule has 1 aromatic carbocycles. The Morgan fingerprint density at radius 1 is 0.960 bits per heavy atom. The molecule has 142 valence electrons. The smallest absolute Gasteiger partial charge is 0.295 e. The van der Waals surface area contributed by atoms with Crippen molar-refractivity contribution in [3.63, 3.8) is 0 Å². The summed E-state index contributed by atoms with van der Waals surface area (Å²) >= 11 is 0. The summed E-state index contributed by atoms with van der Waals surface area (Å²) in [6.45, 7) is 2.84. The van der Waals surface area contributed by atoms with Crippen LogP contribution < -0.4 is 0 Å². The van der Waals surface area contributed by atoms with E-state index in [4.69, 9.17) is 0 Å². The molecule has 2 N–H and O–H groups in total. The SMILES string of the molecule is CCCCCCCCCCCCN=Cc1cc(O)ccc1S(=O)(=O)O. The Balaban J connectivity index is 2.23. The summed E-state index contributed by atoms with van der Waals surface area (Å²) in [7, 11) is -4.32.